The molecule has 13 heavy (non-hydrogen) atoms. The molecule has 5 heteroatoms. The van der Waals surface area contributed by atoms with Crippen LogP contribution in [0.4, 0.5) is 4.79 Å². The highest BCUT2D eigenvalue weighted by Gasteiger charge is 2.18. The van der Waals surface area contributed by atoms with Crippen molar-refractivity contribution in [2.45, 2.75) is 39.3 Å². The van der Waals surface area contributed by atoms with Crippen LogP contribution < -0.4 is 5.48 Å². The van der Waals surface area contributed by atoms with Crippen LogP contribution in [0, 0.1) is 0 Å². The van der Waals surface area contributed by atoms with Crippen molar-refractivity contribution in [3.8, 4) is 0 Å². The van der Waals surface area contributed by atoms with Crippen LogP contribution in [-0.2, 0) is 14.4 Å². The Morgan fingerprint density at radius 1 is 1.46 bits per heavy atom. The molecule has 0 saturated carbocycles. The lowest BCUT2D eigenvalue weighted by molar-refractivity contribution is -0.0343. The first kappa shape index (κ1) is 11.9. The van der Waals surface area contributed by atoms with Crippen molar-refractivity contribution >= 4 is 12.4 Å². The van der Waals surface area contributed by atoms with Gasteiger partial charge in [-0.1, -0.05) is 0 Å². The Kier molecular flexibility index (Phi) is 4.40. The second-order valence-electron chi connectivity index (χ2n) is 3.52. The summed E-state index contributed by atoms with van der Waals surface area (Å²) in [6.07, 6.45) is 0.723. The molecule has 0 fully saturated rings. The molecule has 0 spiro atoms. The van der Waals surface area contributed by atoms with E-state index >= 15 is 0 Å². The number of hydrogen-bond acceptors (Lipinski definition) is 5. The van der Waals surface area contributed by atoms with Gasteiger partial charge in [-0.25, -0.2) is 4.79 Å². The summed E-state index contributed by atoms with van der Waals surface area (Å²) in [6.45, 7) is 6.63. The predicted molar refractivity (Wildman–Crippen MR) is 45.6 cm³/mol. The van der Waals surface area contributed by atoms with E-state index in [0.29, 0.717) is 0 Å². The Labute approximate surface area is 77.3 Å². The van der Waals surface area contributed by atoms with Crippen molar-refractivity contribution in [3.63, 3.8) is 0 Å². The quantitative estimate of drug-likeness (QED) is 0.527. The summed E-state index contributed by atoms with van der Waals surface area (Å²) < 4.78 is 4.78. The Morgan fingerprint density at radius 2 is 2.00 bits per heavy atom. The van der Waals surface area contributed by atoms with E-state index in [9.17, 15) is 9.59 Å². The van der Waals surface area contributed by atoms with Gasteiger partial charge in [0.15, 0.2) is 0 Å². The van der Waals surface area contributed by atoms with E-state index in [0.717, 1.165) is 0 Å². The number of carbonyl (C=O) groups is 1. The third-order valence-corrected chi connectivity index (χ3v) is 0.885. The molecule has 1 radical (unpaired) electrons. The molecular weight excluding hydrogens is 174 g/mol. The third kappa shape index (κ3) is 7.27. The van der Waals surface area contributed by atoms with Crippen molar-refractivity contribution in [1.82, 2.24) is 5.48 Å². The number of carbonyl (C=O) groups excluding carboxylic acids is 2. The van der Waals surface area contributed by atoms with Crippen molar-refractivity contribution in [2.75, 3.05) is 0 Å². The smallest absolute Gasteiger partial charge is 0.427 e. The Bertz CT molecular complexity index is 185. The zero-order valence-corrected chi connectivity index (χ0v) is 8.21. The Balaban J connectivity index is 3.70. The molecule has 1 atom stereocenters. The number of ether oxygens (including phenoxy) is 1. The molecule has 0 aliphatic carbocycles. The minimum absolute atomic E-state index is 0.604. The van der Waals surface area contributed by atoms with Gasteiger partial charge in [-0.05, 0) is 27.7 Å². The molecule has 75 valence electrons. The number of nitrogens with one attached hydrogen (secondary N) is 1. The maximum atomic E-state index is 10.8. The van der Waals surface area contributed by atoms with Gasteiger partial charge >= 0.3 is 6.16 Å². The minimum atomic E-state index is -0.866. The summed E-state index contributed by atoms with van der Waals surface area (Å²) in [5.41, 5.74) is 1.55. The molecule has 0 aromatic heterocycles. The standard InChI is InChI=1S/C8H14NO4/c1-6(5-10)9-13-7(11)12-8(2,3)4/h6,9H,1-4H3. The lowest BCUT2D eigenvalue weighted by atomic mass is 10.2. The molecule has 0 bridgehead atoms. The molecule has 1 N–H and O–H groups in total. The first-order valence-corrected chi connectivity index (χ1v) is 3.88. The molecule has 0 heterocycles. The van der Waals surface area contributed by atoms with Crippen LogP contribution in [0.3, 0.4) is 0 Å². The molecular formula is C8H14NO4. The predicted octanol–water partition coefficient (Wildman–Crippen LogP) is 0.941. The van der Waals surface area contributed by atoms with E-state index in [1.807, 2.05) is 0 Å². The molecule has 1 unspecified atom stereocenters. The van der Waals surface area contributed by atoms with Gasteiger partial charge in [0.05, 0.1) is 0 Å². The van der Waals surface area contributed by atoms with Crippen LogP contribution in [-0.4, -0.2) is 24.1 Å². The first-order valence-electron chi connectivity index (χ1n) is 3.88. The fraction of sp³-hybridized carbons (Fsp3) is 0.750. The van der Waals surface area contributed by atoms with Gasteiger partial charge in [-0.15, -0.1) is 5.48 Å². The largest absolute Gasteiger partial charge is 0.528 e. The average molecular weight is 188 g/mol. The molecule has 0 aliphatic rings. The molecule has 0 aromatic rings. The highest BCUT2D eigenvalue weighted by atomic mass is 16.8. The highest BCUT2D eigenvalue weighted by Crippen LogP contribution is 2.07. The molecule has 0 aromatic carbocycles. The van der Waals surface area contributed by atoms with E-state index in [1.165, 1.54) is 6.92 Å². The summed E-state index contributed by atoms with van der Waals surface area (Å²) in [4.78, 5) is 25.2. The SMILES string of the molecule is CC([C]=O)NOC(=O)OC(C)(C)C. The number of hydrogen-bond donors (Lipinski definition) is 1. The van der Waals surface area contributed by atoms with E-state index < -0.39 is 17.8 Å². The Morgan fingerprint density at radius 3 is 2.38 bits per heavy atom. The van der Waals surface area contributed by atoms with E-state index in [2.05, 4.69) is 10.3 Å². The van der Waals surface area contributed by atoms with Gasteiger partial charge in [0.2, 0.25) is 6.29 Å². The summed E-state index contributed by atoms with van der Waals surface area (Å²) in [6, 6.07) is -0.660. The summed E-state index contributed by atoms with van der Waals surface area (Å²) in [5, 5.41) is 0. The van der Waals surface area contributed by atoms with Crippen LogP contribution in [0.2, 0.25) is 0 Å². The second-order valence-corrected chi connectivity index (χ2v) is 3.52. The number of rotatable bonds is 3. The van der Waals surface area contributed by atoms with Crippen LogP contribution in [0.25, 0.3) is 0 Å². The van der Waals surface area contributed by atoms with E-state index in [1.54, 1.807) is 27.1 Å². The lowest BCUT2D eigenvalue weighted by Crippen LogP contribution is -2.33. The van der Waals surface area contributed by atoms with Crippen molar-refractivity contribution < 1.29 is 19.2 Å². The van der Waals surface area contributed by atoms with Crippen LogP contribution in [0.5, 0.6) is 0 Å². The van der Waals surface area contributed by atoms with Crippen LogP contribution in [0.15, 0.2) is 0 Å². The van der Waals surface area contributed by atoms with Crippen LogP contribution >= 0.6 is 0 Å². The van der Waals surface area contributed by atoms with Crippen molar-refractivity contribution in [3.05, 3.63) is 0 Å². The average Bonchev–Trinajstić information content (AvgIpc) is 1.97. The molecule has 5 nitrogen and oxygen atoms in total. The molecule has 0 amide bonds. The van der Waals surface area contributed by atoms with Crippen LogP contribution in [0.1, 0.15) is 27.7 Å². The first-order chi connectivity index (χ1) is 5.85. The van der Waals surface area contributed by atoms with Gasteiger partial charge in [-0.2, -0.15) is 0 Å². The highest BCUT2D eigenvalue weighted by molar-refractivity contribution is 5.61. The van der Waals surface area contributed by atoms with Gasteiger partial charge < -0.3 is 9.57 Å². The summed E-state index contributed by atoms with van der Waals surface area (Å²) >= 11 is 0. The number of hydroxylamine groups is 1. The maximum Gasteiger partial charge on any atom is 0.528 e. The zero-order chi connectivity index (χ0) is 10.5. The topological polar surface area (TPSA) is 64.6 Å². The van der Waals surface area contributed by atoms with E-state index in [4.69, 9.17) is 4.74 Å². The minimum Gasteiger partial charge on any atom is -0.427 e. The monoisotopic (exact) mass is 188 g/mol. The Hall–Kier alpha value is -1.10. The molecule has 0 saturated heterocycles. The van der Waals surface area contributed by atoms with Gasteiger partial charge in [-0.3, -0.25) is 4.79 Å². The lowest BCUT2D eigenvalue weighted by Gasteiger charge is -2.18. The van der Waals surface area contributed by atoms with E-state index in [-0.39, 0.29) is 0 Å². The summed E-state index contributed by atoms with van der Waals surface area (Å²) in [7, 11) is 0. The van der Waals surface area contributed by atoms with Gasteiger partial charge in [0.1, 0.15) is 11.6 Å². The van der Waals surface area contributed by atoms with Crippen molar-refractivity contribution in [1.29, 1.82) is 0 Å². The second kappa shape index (κ2) is 4.81. The fourth-order valence-corrected chi connectivity index (χ4v) is 0.431. The maximum absolute atomic E-state index is 10.8. The third-order valence-electron chi connectivity index (χ3n) is 0.885. The van der Waals surface area contributed by atoms with Crippen molar-refractivity contribution in [2.24, 2.45) is 0 Å². The fourth-order valence-electron chi connectivity index (χ4n) is 0.431. The van der Waals surface area contributed by atoms with Gasteiger partial charge in [0.25, 0.3) is 0 Å². The van der Waals surface area contributed by atoms with Gasteiger partial charge in [0, 0.05) is 0 Å². The molecule has 0 rings (SSSR count). The normalized spacial score (nSPS) is 13.2. The molecule has 0 aliphatic heterocycles. The summed E-state index contributed by atoms with van der Waals surface area (Å²) in [5.74, 6) is 0. The zero-order valence-electron chi connectivity index (χ0n) is 8.21.